The average molecular weight is 176 g/mol. The molecule has 1 amide bonds. The molecule has 12 heavy (non-hydrogen) atoms. The van der Waals surface area contributed by atoms with Crippen LogP contribution in [0.25, 0.3) is 0 Å². The molecular weight excluding hydrogens is 160 g/mol. The third-order valence-electron chi connectivity index (χ3n) is 0.945. The number of ether oxygens (including phenoxy) is 1. The molecule has 0 heterocycles. The Labute approximate surface area is 72.1 Å². The van der Waals surface area contributed by atoms with Gasteiger partial charge in [0.15, 0.2) is 0 Å². The molecule has 0 saturated heterocycles. The maximum Gasteiger partial charge on any atom is 0.434 e. The average Bonchev–Trinajstić information content (AvgIpc) is 1.84. The highest BCUT2D eigenvalue weighted by Crippen LogP contribution is 2.08. The number of hydrogen-bond donors (Lipinski definition) is 2. The first kappa shape index (κ1) is 11.2. The molecule has 5 heteroatoms. The Morgan fingerprint density at radius 1 is 1.58 bits per heavy atom. The Balaban J connectivity index is 3.87. The summed E-state index contributed by atoms with van der Waals surface area (Å²) in [6.45, 7) is 5.45. The molecule has 3 N–H and O–H groups in total. The summed E-state index contributed by atoms with van der Waals surface area (Å²) in [6, 6.07) is 0. The van der Waals surface area contributed by atoms with Crippen molar-refractivity contribution in [3.8, 4) is 0 Å². The largest absolute Gasteiger partial charge is 0.442 e. The summed E-state index contributed by atoms with van der Waals surface area (Å²) in [5, 5.41) is 9.42. The summed E-state index contributed by atoms with van der Waals surface area (Å²) in [4.78, 5) is 10.9. The van der Waals surface area contributed by atoms with Crippen molar-refractivity contribution in [1.82, 2.24) is 5.06 Å². The molecule has 0 bridgehead atoms. The third-order valence-corrected chi connectivity index (χ3v) is 0.945. The fourth-order valence-corrected chi connectivity index (χ4v) is 0.528. The van der Waals surface area contributed by atoms with Gasteiger partial charge in [0.2, 0.25) is 0 Å². The highest BCUT2D eigenvalue weighted by atomic mass is 16.6. The van der Waals surface area contributed by atoms with Crippen LogP contribution in [-0.2, 0) is 4.74 Å². The summed E-state index contributed by atoms with van der Waals surface area (Å²) < 4.78 is 4.83. The first-order chi connectivity index (χ1) is 5.37. The Kier molecular flexibility index (Phi) is 3.99. The maximum absolute atomic E-state index is 10.9. The topological polar surface area (TPSA) is 75.8 Å². The minimum absolute atomic E-state index is 0.0783. The molecular formula is C7H16N2O3. The van der Waals surface area contributed by atoms with Gasteiger partial charge >= 0.3 is 6.09 Å². The molecule has 0 spiro atoms. The lowest BCUT2D eigenvalue weighted by atomic mass is 10.2. The molecule has 0 aliphatic carbocycles. The van der Waals surface area contributed by atoms with Gasteiger partial charge in [-0.25, -0.2) is 4.79 Å². The van der Waals surface area contributed by atoms with Crippen LogP contribution in [0.1, 0.15) is 20.8 Å². The maximum atomic E-state index is 10.9. The summed E-state index contributed by atoms with van der Waals surface area (Å²) >= 11 is 0. The van der Waals surface area contributed by atoms with Crippen molar-refractivity contribution in [1.29, 1.82) is 0 Å². The van der Waals surface area contributed by atoms with E-state index in [0.29, 0.717) is 5.06 Å². The number of nitrogens with zero attached hydrogens (tertiary/aromatic N) is 1. The zero-order valence-corrected chi connectivity index (χ0v) is 7.70. The van der Waals surface area contributed by atoms with Crippen molar-refractivity contribution in [2.45, 2.75) is 26.4 Å². The van der Waals surface area contributed by atoms with E-state index in [1.54, 1.807) is 20.8 Å². The SMILES string of the molecule is CC(C)(C)OC(=O)N(O)CCN. The molecule has 0 aliphatic heterocycles. The van der Waals surface area contributed by atoms with Gasteiger partial charge in [0.05, 0.1) is 6.54 Å². The van der Waals surface area contributed by atoms with E-state index >= 15 is 0 Å². The van der Waals surface area contributed by atoms with Gasteiger partial charge in [-0.1, -0.05) is 0 Å². The van der Waals surface area contributed by atoms with E-state index in [-0.39, 0.29) is 13.1 Å². The highest BCUT2D eigenvalue weighted by Gasteiger charge is 2.19. The summed E-state index contributed by atoms with van der Waals surface area (Å²) in [5.41, 5.74) is 4.53. The number of hydrogen-bond acceptors (Lipinski definition) is 4. The van der Waals surface area contributed by atoms with Crippen molar-refractivity contribution in [3.63, 3.8) is 0 Å². The molecule has 0 aromatic rings. The van der Waals surface area contributed by atoms with Crippen LogP contribution in [-0.4, -0.2) is 35.1 Å². The van der Waals surface area contributed by atoms with Crippen molar-refractivity contribution in [2.24, 2.45) is 5.73 Å². The van der Waals surface area contributed by atoms with Gasteiger partial charge in [-0.2, -0.15) is 5.06 Å². The van der Waals surface area contributed by atoms with Gasteiger partial charge in [0, 0.05) is 6.54 Å². The van der Waals surface area contributed by atoms with E-state index in [2.05, 4.69) is 0 Å². The molecule has 5 nitrogen and oxygen atoms in total. The lowest BCUT2D eigenvalue weighted by Crippen LogP contribution is -2.37. The normalized spacial score (nSPS) is 11.1. The first-order valence-electron chi connectivity index (χ1n) is 3.76. The van der Waals surface area contributed by atoms with Crippen LogP contribution >= 0.6 is 0 Å². The van der Waals surface area contributed by atoms with E-state index in [4.69, 9.17) is 15.7 Å². The monoisotopic (exact) mass is 176 g/mol. The number of hydroxylamine groups is 2. The van der Waals surface area contributed by atoms with Gasteiger partial charge < -0.3 is 10.5 Å². The lowest BCUT2D eigenvalue weighted by molar-refractivity contribution is -0.0918. The number of rotatable bonds is 2. The fourth-order valence-electron chi connectivity index (χ4n) is 0.528. The van der Waals surface area contributed by atoms with Crippen molar-refractivity contribution >= 4 is 6.09 Å². The van der Waals surface area contributed by atoms with Crippen LogP contribution in [0.3, 0.4) is 0 Å². The van der Waals surface area contributed by atoms with Gasteiger partial charge in [-0.15, -0.1) is 0 Å². The molecule has 0 aromatic carbocycles. The number of carbonyl (C=O) groups excluding carboxylic acids is 1. The Morgan fingerprint density at radius 3 is 2.42 bits per heavy atom. The van der Waals surface area contributed by atoms with Gasteiger partial charge in [-0.05, 0) is 20.8 Å². The van der Waals surface area contributed by atoms with E-state index < -0.39 is 11.7 Å². The molecule has 0 atom stereocenters. The molecule has 0 saturated carbocycles. The second kappa shape index (κ2) is 4.27. The summed E-state index contributed by atoms with van der Waals surface area (Å²) in [5.74, 6) is 0. The van der Waals surface area contributed by atoms with E-state index in [1.165, 1.54) is 0 Å². The summed E-state index contributed by atoms with van der Waals surface area (Å²) in [6.07, 6.45) is -0.770. The van der Waals surface area contributed by atoms with Crippen LogP contribution in [0.4, 0.5) is 4.79 Å². The van der Waals surface area contributed by atoms with Crippen LogP contribution in [0.2, 0.25) is 0 Å². The molecule has 0 aromatic heterocycles. The number of amides is 1. The Morgan fingerprint density at radius 2 is 2.08 bits per heavy atom. The Hall–Kier alpha value is -0.810. The van der Waals surface area contributed by atoms with Crippen LogP contribution in [0.15, 0.2) is 0 Å². The molecule has 0 radical (unpaired) electrons. The highest BCUT2D eigenvalue weighted by molar-refractivity contribution is 5.66. The number of nitrogens with two attached hydrogens (primary N) is 1. The van der Waals surface area contributed by atoms with Crippen molar-refractivity contribution in [3.05, 3.63) is 0 Å². The van der Waals surface area contributed by atoms with Gasteiger partial charge in [-0.3, -0.25) is 5.21 Å². The van der Waals surface area contributed by atoms with Gasteiger partial charge in [0.1, 0.15) is 5.60 Å². The quantitative estimate of drug-likeness (QED) is 0.476. The molecule has 72 valence electrons. The van der Waals surface area contributed by atoms with Crippen LogP contribution in [0, 0.1) is 0 Å². The smallest absolute Gasteiger partial charge is 0.434 e. The molecule has 0 aliphatic rings. The molecule has 0 unspecified atom stereocenters. The van der Waals surface area contributed by atoms with E-state index in [0.717, 1.165) is 0 Å². The van der Waals surface area contributed by atoms with E-state index in [9.17, 15) is 4.79 Å². The van der Waals surface area contributed by atoms with Crippen LogP contribution in [0.5, 0.6) is 0 Å². The minimum Gasteiger partial charge on any atom is -0.442 e. The predicted molar refractivity (Wildman–Crippen MR) is 43.8 cm³/mol. The van der Waals surface area contributed by atoms with Crippen molar-refractivity contribution in [2.75, 3.05) is 13.1 Å². The van der Waals surface area contributed by atoms with Crippen molar-refractivity contribution < 1.29 is 14.7 Å². The molecule has 0 rings (SSSR count). The van der Waals surface area contributed by atoms with E-state index in [1.807, 2.05) is 0 Å². The van der Waals surface area contributed by atoms with Crippen LogP contribution < -0.4 is 5.73 Å². The fraction of sp³-hybridized carbons (Fsp3) is 0.857. The molecule has 0 fully saturated rings. The zero-order valence-electron chi connectivity index (χ0n) is 7.70. The summed E-state index contributed by atoms with van der Waals surface area (Å²) in [7, 11) is 0. The second-order valence-corrected chi connectivity index (χ2v) is 3.39. The zero-order chi connectivity index (χ0) is 9.78. The Bertz CT molecular complexity index is 153. The standard InChI is InChI=1S/C7H16N2O3/c1-7(2,3)12-6(10)9(11)5-4-8/h11H,4-5,8H2,1-3H3. The number of carbonyl (C=O) groups is 1. The predicted octanol–water partition coefficient (Wildman–Crippen LogP) is 0.571. The van der Waals surface area contributed by atoms with Gasteiger partial charge in [0.25, 0.3) is 0 Å². The minimum atomic E-state index is -0.770. The first-order valence-corrected chi connectivity index (χ1v) is 3.76. The third kappa shape index (κ3) is 4.92. The second-order valence-electron chi connectivity index (χ2n) is 3.39. The lowest BCUT2D eigenvalue weighted by Gasteiger charge is -2.22.